The number of ether oxygens (including phenoxy) is 1. The lowest BCUT2D eigenvalue weighted by molar-refractivity contribution is 0.415. The summed E-state index contributed by atoms with van der Waals surface area (Å²) in [5.74, 6) is 3.21. The highest BCUT2D eigenvalue weighted by Crippen LogP contribution is 2.19. The molecule has 0 aliphatic carbocycles. The van der Waals surface area contributed by atoms with Gasteiger partial charge in [0.05, 0.1) is 7.11 Å². The Kier molecular flexibility index (Phi) is 7.48. The number of methoxy groups -OCH3 is 1. The van der Waals surface area contributed by atoms with Crippen molar-refractivity contribution in [1.82, 2.24) is 25.4 Å². The fourth-order valence-corrected chi connectivity index (χ4v) is 2.74. The van der Waals surface area contributed by atoms with E-state index in [-0.39, 0.29) is 24.0 Å². The van der Waals surface area contributed by atoms with E-state index in [2.05, 4.69) is 37.3 Å². The second-order valence-electron chi connectivity index (χ2n) is 5.70. The summed E-state index contributed by atoms with van der Waals surface area (Å²) in [7, 11) is 1.65. The number of aromatic amines is 1. The fourth-order valence-electron chi connectivity index (χ4n) is 2.74. The molecule has 0 amide bonds. The number of likely N-dealkylation sites (tertiary alicyclic amines) is 1. The Labute approximate surface area is 165 Å². The largest absolute Gasteiger partial charge is 0.497 e. The maximum atomic E-state index is 5.17. The molecular weight excluding hydrogens is 431 g/mol. The number of nitrogens with one attached hydrogen (secondary N) is 2. The molecule has 1 aliphatic heterocycles. The molecular formula is C17H25IN6O. The first kappa shape index (κ1) is 19.5. The maximum Gasteiger partial charge on any atom is 0.194 e. The van der Waals surface area contributed by atoms with Gasteiger partial charge in [0.2, 0.25) is 0 Å². The van der Waals surface area contributed by atoms with E-state index < -0.39 is 0 Å². The van der Waals surface area contributed by atoms with Crippen LogP contribution in [-0.2, 0) is 6.54 Å². The van der Waals surface area contributed by atoms with Crippen LogP contribution in [0.15, 0.2) is 29.3 Å². The molecule has 1 aromatic carbocycles. The number of aromatic nitrogens is 3. The molecule has 2 heterocycles. The van der Waals surface area contributed by atoms with Crippen molar-refractivity contribution in [2.75, 3.05) is 26.7 Å². The Balaban J connectivity index is 0.00000225. The van der Waals surface area contributed by atoms with Crippen molar-refractivity contribution in [3.8, 4) is 17.1 Å². The van der Waals surface area contributed by atoms with E-state index >= 15 is 0 Å². The van der Waals surface area contributed by atoms with E-state index in [0.29, 0.717) is 12.4 Å². The Morgan fingerprint density at radius 3 is 2.64 bits per heavy atom. The number of hydrogen-bond donors (Lipinski definition) is 2. The lowest BCUT2D eigenvalue weighted by atomic mass is 10.2. The zero-order valence-corrected chi connectivity index (χ0v) is 17.0. The second-order valence-corrected chi connectivity index (χ2v) is 5.70. The minimum atomic E-state index is 0. The van der Waals surface area contributed by atoms with Crippen molar-refractivity contribution in [3.05, 3.63) is 30.1 Å². The van der Waals surface area contributed by atoms with Gasteiger partial charge < -0.3 is 15.0 Å². The van der Waals surface area contributed by atoms with Gasteiger partial charge >= 0.3 is 0 Å². The van der Waals surface area contributed by atoms with E-state index in [1.54, 1.807) is 7.11 Å². The summed E-state index contributed by atoms with van der Waals surface area (Å²) < 4.78 is 5.17. The molecule has 0 saturated carbocycles. The number of nitrogens with zero attached hydrogens (tertiary/aromatic N) is 4. The predicted octanol–water partition coefficient (Wildman–Crippen LogP) is 2.66. The third kappa shape index (κ3) is 5.07. The quantitative estimate of drug-likeness (QED) is 0.411. The number of rotatable bonds is 5. The van der Waals surface area contributed by atoms with Gasteiger partial charge in [-0.2, -0.15) is 5.10 Å². The fraction of sp³-hybridized carbons (Fsp3) is 0.471. The van der Waals surface area contributed by atoms with Crippen LogP contribution in [0.2, 0.25) is 0 Å². The number of benzene rings is 1. The van der Waals surface area contributed by atoms with Crippen molar-refractivity contribution in [2.24, 2.45) is 4.99 Å². The molecule has 1 saturated heterocycles. The Hall–Kier alpha value is -1.84. The summed E-state index contributed by atoms with van der Waals surface area (Å²) >= 11 is 0. The van der Waals surface area contributed by atoms with Gasteiger partial charge in [-0.1, -0.05) is 0 Å². The number of guanidine groups is 1. The van der Waals surface area contributed by atoms with E-state index in [4.69, 9.17) is 4.74 Å². The van der Waals surface area contributed by atoms with Gasteiger partial charge in [0.1, 0.15) is 18.1 Å². The SMILES string of the molecule is CCNC(=NCc1nc(-c2ccc(OC)cc2)n[nH]1)N1CCCC1.I. The highest BCUT2D eigenvalue weighted by molar-refractivity contribution is 14.0. The maximum absolute atomic E-state index is 5.17. The predicted molar refractivity (Wildman–Crippen MR) is 109 cm³/mol. The molecule has 2 N–H and O–H groups in total. The number of halogens is 1. The molecule has 2 aromatic rings. The molecule has 1 aliphatic rings. The lowest BCUT2D eigenvalue weighted by Gasteiger charge is -2.20. The first-order valence-electron chi connectivity index (χ1n) is 8.39. The average molecular weight is 456 g/mol. The summed E-state index contributed by atoms with van der Waals surface area (Å²) in [5, 5.41) is 10.6. The topological polar surface area (TPSA) is 78.4 Å². The van der Waals surface area contributed by atoms with Crippen LogP contribution in [0, 0.1) is 0 Å². The van der Waals surface area contributed by atoms with Gasteiger partial charge in [0.25, 0.3) is 0 Å². The molecule has 7 nitrogen and oxygen atoms in total. The normalized spacial score (nSPS) is 14.3. The number of hydrogen-bond acceptors (Lipinski definition) is 4. The van der Waals surface area contributed by atoms with Crippen LogP contribution in [0.4, 0.5) is 0 Å². The van der Waals surface area contributed by atoms with Crippen molar-refractivity contribution in [1.29, 1.82) is 0 Å². The van der Waals surface area contributed by atoms with Crippen molar-refractivity contribution < 1.29 is 4.74 Å². The summed E-state index contributed by atoms with van der Waals surface area (Å²) in [6, 6.07) is 7.70. The monoisotopic (exact) mass is 456 g/mol. The first-order chi connectivity index (χ1) is 11.8. The van der Waals surface area contributed by atoms with Crippen LogP contribution < -0.4 is 10.1 Å². The van der Waals surface area contributed by atoms with Crippen molar-refractivity contribution in [3.63, 3.8) is 0 Å². The molecule has 0 atom stereocenters. The highest BCUT2D eigenvalue weighted by atomic mass is 127. The summed E-state index contributed by atoms with van der Waals surface area (Å²) in [4.78, 5) is 11.5. The second kappa shape index (κ2) is 9.59. The summed E-state index contributed by atoms with van der Waals surface area (Å²) in [6.45, 7) is 5.57. The lowest BCUT2D eigenvalue weighted by Crippen LogP contribution is -2.39. The van der Waals surface area contributed by atoms with Crippen LogP contribution in [0.1, 0.15) is 25.6 Å². The van der Waals surface area contributed by atoms with Crippen LogP contribution in [0.5, 0.6) is 5.75 Å². The summed E-state index contributed by atoms with van der Waals surface area (Å²) in [5.41, 5.74) is 0.953. The minimum absolute atomic E-state index is 0. The zero-order valence-electron chi connectivity index (χ0n) is 14.7. The first-order valence-corrected chi connectivity index (χ1v) is 8.39. The van der Waals surface area contributed by atoms with E-state index in [1.165, 1.54) is 12.8 Å². The highest BCUT2D eigenvalue weighted by Gasteiger charge is 2.15. The number of H-pyrrole nitrogens is 1. The average Bonchev–Trinajstić information content (AvgIpc) is 3.30. The van der Waals surface area contributed by atoms with Gasteiger partial charge in [-0.25, -0.2) is 9.98 Å². The number of aliphatic imine (C=N–C) groups is 1. The molecule has 3 rings (SSSR count). The van der Waals surface area contributed by atoms with Gasteiger partial charge in [-0.15, -0.1) is 24.0 Å². The van der Waals surface area contributed by atoms with E-state index in [1.807, 2.05) is 24.3 Å². The minimum Gasteiger partial charge on any atom is -0.497 e. The molecule has 1 aromatic heterocycles. The standard InChI is InChI=1S/C17H24N6O.HI/c1-3-18-17(23-10-4-5-11-23)19-12-15-20-16(22-21-15)13-6-8-14(24-2)9-7-13;/h6-9H,3-5,10-12H2,1-2H3,(H,18,19)(H,20,21,22);1H. The molecule has 136 valence electrons. The molecule has 1 fully saturated rings. The van der Waals surface area contributed by atoms with Gasteiger partial charge in [-0.05, 0) is 44.0 Å². The van der Waals surface area contributed by atoms with Crippen LogP contribution in [-0.4, -0.2) is 52.8 Å². The van der Waals surface area contributed by atoms with E-state index in [9.17, 15) is 0 Å². The van der Waals surface area contributed by atoms with Crippen LogP contribution >= 0.6 is 24.0 Å². The Morgan fingerprint density at radius 2 is 2.00 bits per heavy atom. The van der Waals surface area contributed by atoms with Crippen molar-refractivity contribution >= 4 is 29.9 Å². The van der Waals surface area contributed by atoms with Gasteiger partial charge in [0.15, 0.2) is 11.8 Å². The van der Waals surface area contributed by atoms with Crippen LogP contribution in [0.3, 0.4) is 0 Å². The molecule has 0 spiro atoms. The van der Waals surface area contributed by atoms with Gasteiger partial charge in [0, 0.05) is 25.2 Å². The third-order valence-electron chi connectivity index (χ3n) is 4.00. The Bertz CT molecular complexity index is 679. The smallest absolute Gasteiger partial charge is 0.194 e. The third-order valence-corrected chi connectivity index (χ3v) is 4.00. The molecule has 0 radical (unpaired) electrons. The zero-order chi connectivity index (χ0) is 16.8. The van der Waals surface area contributed by atoms with Gasteiger partial charge in [-0.3, -0.25) is 5.10 Å². The molecule has 0 bridgehead atoms. The summed E-state index contributed by atoms with van der Waals surface area (Å²) in [6.07, 6.45) is 2.46. The Morgan fingerprint density at radius 1 is 1.28 bits per heavy atom. The van der Waals surface area contributed by atoms with Crippen molar-refractivity contribution in [2.45, 2.75) is 26.3 Å². The molecule has 8 heteroatoms. The van der Waals surface area contributed by atoms with E-state index in [0.717, 1.165) is 42.7 Å². The van der Waals surface area contributed by atoms with Crippen LogP contribution in [0.25, 0.3) is 11.4 Å². The molecule has 25 heavy (non-hydrogen) atoms. The molecule has 0 unspecified atom stereocenters.